The van der Waals surface area contributed by atoms with E-state index in [1.807, 2.05) is 66.7 Å². The van der Waals surface area contributed by atoms with Crippen LogP contribution in [-0.2, 0) is 11.2 Å². The van der Waals surface area contributed by atoms with Crippen LogP contribution in [0.1, 0.15) is 11.1 Å². The van der Waals surface area contributed by atoms with Gasteiger partial charge in [-0.3, -0.25) is 4.79 Å². The predicted molar refractivity (Wildman–Crippen MR) is 70.6 cm³/mol. The van der Waals surface area contributed by atoms with Gasteiger partial charge in [0.05, 0.1) is 0 Å². The topological polar surface area (TPSA) is 17.1 Å². The largest absolute Gasteiger partial charge is 0.294 e. The first-order chi connectivity index (χ1) is 8.34. The van der Waals surface area contributed by atoms with E-state index in [1.165, 1.54) is 0 Å². The molecule has 0 heterocycles. The molecule has 0 bridgehead atoms. The Bertz CT molecular complexity index is 498. The van der Waals surface area contributed by atoms with Gasteiger partial charge in [-0.1, -0.05) is 66.7 Å². The first-order valence-electron chi connectivity index (χ1n) is 5.64. The average Bonchev–Trinajstić information content (AvgIpc) is 2.39. The Kier molecular flexibility index (Phi) is 3.87. The molecule has 0 atom stereocenters. The first-order valence-corrected chi connectivity index (χ1v) is 5.64. The van der Waals surface area contributed by atoms with E-state index >= 15 is 0 Å². The lowest BCUT2D eigenvalue weighted by molar-refractivity contribution is -0.113. The second-order valence-corrected chi connectivity index (χ2v) is 3.87. The van der Waals surface area contributed by atoms with E-state index in [1.54, 1.807) is 6.08 Å². The molecule has 17 heavy (non-hydrogen) atoms. The number of benzene rings is 2. The van der Waals surface area contributed by atoms with Crippen molar-refractivity contribution in [2.45, 2.75) is 6.42 Å². The Morgan fingerprint density at radius 2 is 1.47 bits per heavy atom. The summed E-state index contributed by atoms with van der Waals surface area (Å²) in [6.07, 6.45) is 3.96. The van der Waals surface area contributed by atoms with Crippen molar-refractivity contribution in [2.24, 2.45) is 0 Å². The summed E-state index contributed by atoms with van der Waals surface area (Å²) in [5.41, 5.74) is 2.10. The van der Waals surface area contributed by atoms with Crippen molar-refractivity contribution < 1.29 is 4.79 Å². The summed E-state index contributed by atoms with van der Waals surface area (Å²) in [6.45, 7) is 0. The van der Waals surface area contributed by atoms with Gasteiger partial charge in [0, 0.05) is 6.42 Å². The maximum absolute atomic E-state index is 11.7. The number of ketones is 1. The molecule has 0 aliphatic carbocycles. The highest BCUT2D eigenvalue weighted by Gasteiger charge is 1.98. The van der Waals surface area contributed by atoms with Crippen LogP contribution in [0.25, 0.3) is 6.08 Å². The molecule has 0 unspecified atom stereocenters. The molecule has 0 saturated heterocycles. The van der Waals surface area contributed by atoms with Gasteiger partial charge in [0.2, 0.25) is 0 Å². The molecule has 84 valence electrons. The van der Waals surface area contributed by atoms with Crippen LogP contribution in [0.5, 0.6) is 0 Å². The normalized spacial score (nSPS) is 10.6. The summed E-state index contributed by atoms with van der Waals surface area (Å²) >= 11 is 0. The molecule has 1 nitrogen and oxygen atoms in total. The zero-order valence-electron chi connectivity index (χ0n) is 9.54. The van der Waals surface area contributed by atoms with Crippen LogP contribution < -0.4 is 0 Å². The van der Waals surface area contributed by atoms with E-state index < -0.39 is 0 Å². The zero-order chi connectivity index (χ0) is 11.9. The summed E-state index contributed by atoms with van der Waals surface area (Å²) in [4.78, 5) is 11.7. The number of hydrogen-bond acceptors (Lipinski definition) is 1. The molecule has 2 rings (SSSR count). The highest BCUT2D eigenvalue weighted by molar-refractivity contribution is 5.94. The summed E-state index contributed by atoms with van der Waals surface area (Å²) in [6, 6.07) is 19.6. The SMILES string of the molecule is O=C(/C=C\c1ccccc1)Cc1ccccc1. The summed E-state index contributed by atoms with van der Waals surface area (Å²) in [5, 5.41) is 0. The number of rotatable bonds is 4. The maximum Gasteiger partial charge on any atom is 0.160 e. The molecule has 0 N–H and O–H groups in total. The summed E-state index contributed by atoms with van der Waals surface area (Å²) in [5.74, 6) is 0.125. The lowest BCUT2D eigenvalue weighted by atomic mass is 10.1. The molecule has 1 heteroatoms. The fourth-order valence-electron chi connectivity index (χ4n) is 1.61. The fraction of sp³-hybridized carbons (Fsp3) is 0.0625. The molecule has 0 radical (unpaired) electrons. The second-order valence-electron chi connectivity index (χ2n) is 3.87. The number of carbonyl (C=O) groups excluding carboxylic acids is 1. The van der Waals surface area contributed by atoms with Crippen LogP contribution in [0.2, 0.25) is 0 Å². The average molecular weight is 222 g/mol. The molecule has 0 aliphatic heterocycles. The van der Waals surface area contributed by atoms with E-state index in [0.717, 1.165) is 11.1 Å². The van der Waals surface area contributed by atoms with E-state index in [-0.39, 0.29) is 5.78 Å². The Morgan fingerprint density at radius 3 is 2.12 bits per heavy atom. The van der Waals surface area contributed by atoms with Crippen LogP contribution in [0.15, 0.2) is 66.7 Å². The summed E-state index contributed by atoms with van der Waals surface area (Å²) < 4.78 is 0. The quantitative estimate of drug-likeness (QED) is 0.723. The molecule has 0 aromatic heterocycles. The van der Waals surface area contributed by atoms with Crippen molar-refractivity contribution in [1.82, 2.24) is 0 Å². The van der Waals surface area contributed by atoms with Crippen molar-refractivity contribution in [3.8, 4) is 0 Å². The minimum Gasteiger partial charge on any atom is -0.294 e. The molecule has 0 amide bonds. The zero-order valence-corrected chi connectivity index (χ0v) is 9.54. The third-order valence-corrected chi connectivity index (χ3v) is 2.48. The van der Waals surface area contributed by atoms with Crippen molar-refractivity contribution in [3.05, 3.63) is 77.9 Å². The third-order valence-electron chi connectivity index (χ3n) is 2.48. The van der Waals surface area contributed by atoms with Crippen LogP contribution >= 0.6 is 0 Å². The lowest BCUT2D eigenvalue weighted by Crippen LogP contribution is -1.97. The van der Waals surface area contributed by atoms with Crippen molar-refractivity contribution in [3.63, 3.8) is 0 Å². The van der Waals surface area contributed by atoms with Gasteiger partial charge in [-0.2, -0.15) is 0 Å². The number of allylic oxidation sites excluding steroid dienone is 1. The van der Waals surface area contributed by atoms with Gasteiger partial charge in [0.15, 0.2) is 5.78 Å². The molecule has 0 spiro atoms. The Labute approximate surface area is 101 Å². The Hall–Kier alpha value is -2.15. The van der Waals surface area contributed by atoms with Crippen LogP contribution in [-0.4, -0.2) is 5.78 Å². The lowest BCUT2D eigenvalue weighted by Gasteiger charge is -1.96. The maximum atomic E-state index is 11.7. The van der Waals surface area contributed by atoms with Crippen molar-refractivity contribution in [2.75, 3.05) is 0 Å². The molecule has 2 aromatic rings. The van der Waals surface area contributed by atoms with Gasteiger partial charge in [-0.05, 0) is 17.2 Å². The highest BCUT2D eigenvalue weighted by Crippen LogP contribution is 2.04. The van der Waals surface area contributed by atoms with Gasteiger partial charge in [0.1, 0.15) is 0 Å². The highest BCUT2D eigenvalue weighted by atomic mass is 16.1. The van der Waals surface area contributed by atoms with Crippen molar-refractivity contribution >= 4 is 11.9 Å². The predicted octanol–water partition coefficient (Wildman–Crippen LogP) is 3.51. The van der Waals surface area contributed by atoms with E-state index in [0.29, 0.717) is 6.42 Å². The van der Waals surface area contributed by atoms with Gasteiger partial charge < -0.3 is 0 Å². The standard InChI is InChI=1S/C16H14O/c17-16(13-15-9-5-2-6-10-15)12-11-14-7-3-1-4-8-14/h1-12H,13H2/b12-11-. The third kappa shape index (κ3) is 3.72. The van der Waals surface area contributed by atoms with Crippen LogP contribution in [0.3, 0.4) is 0 Å². The van der Waals surface area contributed by atoms with Crippen LogP contribution in [0.4, 0.5) is 0 Å². The minimum absolute atomic E-state index is 0.125. The second kappa shape index (κ2) is 5.80. The van der Waals surface area contributed by atoms with Gasteiger partial charge in [-0.15, -0.1) is 0 Å². The van der Waals surface area contributed by atoms with Gasteiger partial charge in [-0.25, -0.2) is 0 Å². The number of hydrogen-bond donors (Lipinski definition) is 0. The van der Waals surface area contributed by atoms with Crippen molar-refractivity contribution in [1.29, 1.82) is 0 Å². The van der Waals surface area contributed by atoms with Crippen LogP contribution in [0, 0.1) is 0 Å². The molecule has 0 saturated carbocycles. The van der Waals surface area contributed by atoms with Gasteiger partial charge in [0.25, 0.3) is 0 Å². The minimum atomic E-state index is 0.125. The Morgan fingerprint density at radius 1 is 0.882 bits per heavy atom. The smallest absolute Gasteiger partial charge is 0.160 e. The molecule has 0 aliphatic rings. The molecule has 0 fully saturated rings. The summed E-state index contributed by atoms with van der Waals surface area (Å²) in [7, 11) is 0. The fourth-order valence-corrected chi connectivity index (χ4v) is 1.61. The monoisotopic (exact) mass is 222 g/mol. The van der Waals surface area contributed by atoms with E-state index in [9.17, 15) is 4.79 Å². The van der Waals surface area contributed by atoms with E-state index in [4.69, 9.17) is 0 Å². The van der Waals surface area contributed by atoms with E-state index in [2.05, 4.69) is 0 Å². The molecular formula is C16H14O. The molecular weight excluding hydrogens is 208 g/mol. The molecule has 2 aromatic carbocycles. The Balaban J connectivity index is 1.96. The number of carbonyl (C=O) groups is 1. The van der Waals surface area contributed by atoms with Gasteiger partial charge >= 0.3 is 0 Å². The first kappa shape index (κ1) is 11.3.